The van der Waals surface area contributed by atoms with E-state index in [0.29, 0.717) is 62.0 Å². The molecule has 9 nitrogen and oxygen atoms in total. The van der Waals surface area contributed by atoms with Crippen LogP contribution >= 0.6 is 0 Å². The lowest BCUT2D eigenvalue weighted by molar-refractivity contribution is -0.140. The number of hydrogen-bond acceptors (Lipinski definition) is 8. The molecule has 9 heteroatoms. The fourth-order valence-electron chi connectivity index (χ4n) is 5.56. The van der Waals surface area contributed by atoms with E-state index in [1.165, 1.54) is 0 Å². The number of fused-ring (bicyclic) bond motifs is 1. The number of aliphatic hydroxyl groups is 1. The summed E-state index contributed by atoms with van der Waals surface area (Å²) in [6, 6.07) is 10.1. The van der Waals surface area contributed by atoms with E-state index in [1.807, 2.05) is 25.1 Å². The number of benzene rings is 2. The summed E-state index contributed by atoms with van der Waals surface area (Å²) in [4.78, 5) is 30.7. The molecule has 0 aliphatic carbocycles. The first-order chi connectivity index (χ1) is 19.4. The molecule has 5 rings (SSSR count). The highest BCUT2D eigenvalue weighted by atomic mass is 16.5. The fraction of sp³-hybridized carbons (Fsp3) is 0.484. The summed E-state index contributed by atoms with van der Waals surface area (Å²) in [6.45, 7) is 8.38. The number of likely N-dealkylation sites (tertiary alicyclic amines) is 1. The Labute approximate surface area is 235 Å². The number of rotatable bonds is 10. The monoisotopic (exact) mass is 550 g/mol. The summed E-state index contributed by atoms with van der Waals surface area (Å²) in [5, 5.41) is 11.6. The lowest BCUT2D eigenvalue weighted by Gasteiger charge is -2.31. The predicted octanol–water partition coefficient (Wildman–Crippen LogP) is 3.95. The molecule has 2 saturated heterocycles. The van der Waals surface area contributed by atoms with Crippen molar-refractivity contribution >= 4 is 17.4 Å². The van der Waals surface area contributed by atoms with Gasteiger partial charge in [0.05, 0.1) is 38.5 Å². The highest BCUT2D eigenvalue weighted by Gasteiger charge is 2.46. The first-order valence-corrected chi connectivity index (χ1v) is 14.1. The van der Waals surface area contributed by atoms with Crippen LogP contribution < -0.4 is 14.2 Å². The molecule has 3 aliphatic heterocycles. The molecule has 0 saturated carbocycles. The lowest BCUT2D eigenvalue weighted by atomic mass is 9.94. The number of carbonyl (C=O) groups excluding carboxylic acids is 2. The Bertz CT molecular complexity index is 1280. The molecule has 0 aromatic heterocycles. The molecule has 214 valence electrons. The average molecular weight is 551 g/mol. The van der Waals surface area contributed by atoms with E-state index in [1.54, 1.807) is 30.2 Å². The second-order valence-corrected chi connectivity index (χ2v) is 10.5. The number of Topliss-reactive ketones (excluding diaryl/α,β-unsaturated/α-hetero) is 1. The Hall–Kier alpha value is -3.56. The number of nitrogens with zero attached hydrogens (tertiary/aromatic N) is 2. The molecule has 2 aromatic rings. The summed E-state index contributed by atoms with van der Waals surface area (Å²) in [5.41, 5.74) is 2.19. The second kappa shape index (κ2) is 12.3. The van der Waals surface area contributed by atoms with Gasteiger partial charge in [-0.3, -0.25) is 14.5 Å². The highest BCUT2D eigenvalue weighted by molar-refractivity contribution is 6.46. The number of ether oxygens (including phenoxy) is 4. The standard InChI is InChI=1S/C31H38N2O7/c1-4-5-14-39-25-9-6-21(19-26(25)37-3)28-27(29(34)22-7-8-24-23(18-22)17-20(2)40-24)30(35)31(36)33(28)11-10-32-12-15-38-16-13-32/h6-9,18-20,28,34H,4-5,10-17H2,1-3H3/t20-,28-/m1/s1. The van der Waals surface area contributed by atoms with E-state index < -0.39 is 17.7 Å². The van der Waals surface area contributed by atoms with Crippen molar-refractivity contribution in [3.63, 3.8) is 0 Å². The molecule has 0 unspecified atom stereocenters. The van der Waals surface area contributed by atoms with E-state index in [4.69, 9.17) is 18.9 Å². The smallest absolute Gasteiger partial charge is 0.295 e. The zero-order valence-electron chi connectivity index (χ0n) is 23.5. The topological polar surface area (TPSA) is 97.8 Å². The highest BCUT2D eigenvalue weighted by Crippen LogP contribution is 2.42. The number of carbonyl (C=O) groups is 2. The van der Waals surface area contributed by atoms with Crippen LogP contribution in [0.15, 0.2) is 42.0 Å². The normalized spacial score (nSPS) is 22.3. The average Bonchev–Trinajstić information content (AvgIpc) is 3.47. The molecule has 2 fully saturated rings. The Kier molecular flexibility index (Phi) is 8.61. The van der Waals surface area contributed by atoms with Crippen molar-refractivity contribution in [2.75, 3.05) is 53.1 Å². The molecular formula is C31H38N2O7. The molecule has 1 N–H and O–H groups in total. The largest absolute Gasteiger partial charge is 0.507 e. The van der Waals surface area contributed by atoms with Gasteiger partial charge >= 0.3 is 0 Å². The Morgan fingerprint density at radius 3 is 2.62 bits per heavy atom. The van der Waals surface area contributed by atoms with Crippen LogP contribution in [-0.2, 0) is 20.7 Å². The maximum atomic E-state index is 13.5. The van der Waals surface area contributed by atoms with Crippen molar-refractivity contribution in [3.8, 4) is 17.2 Å². The van der Waals surface area contributed by atoms with E-state index >= 15 is 0 Å². The summed E-state index contributed by atoms with van der Waals surface area (Å²) < 4.78 is 22.8. The predicted molar refractivity (Wildman–Crippen MR) is 150 cm³/mol. The molecule has 40 heavy (non-hydrogen) atoms. The molecule has 2 aromatic carbocycles. The number of unbranched alkanes of at least 4 members (excludes halogenated alkanes) is 1. The minimum Gasteiger partial charge on any atom is -0.507 e. The van der Waals surface area contributed by atoms with Gasteiger partial charge in [0.15, 0.2) is 11.5 Å². The SMILES string of the molecule is CCCCOc1ccc([C@@H]2C(=C(O)c3ccc4c(c3)C[C@@H](C)O4)C(=O)C(=O)N2CCN2CCOCC2)cc1OC. The summed E-state index contributed by atoms with van der Waals surface area (Å²) >= 11 is 0. The quantitative estimate of drug-likeness (QED) is 0.206. The molecule has 1 amide bonds. The van der Waals surface area contributed by atoms with E-state index in [-0.39, 0.29) is 17.4 Å². The van der Waals surface area contributed by atoms with Crippen LogP contribution in [0.5, 0.6) is 17.2 Å². The zero-order valence-corrected chi connectivity index (χ0v) is 23.5. The van der Waals surface area contributed by atoms with Crippen molar-refractivity contribution in [2.24, 2.45) is 0 Å². The van der Waals surface area contributed by atoms with Gasteiger partial charge in [-0.2, -0.15) is 0 Å². The van der Waals surface area contributed by atoms with Gasteiger partial charge in [-0.1, -0.05) is 19.4 Å². The number of aliphatic hydroxyl groups excluding tert-OH is 1. The van der Waals surface area contributed by atoms with E-state index in [0.717, 1.165) is 37.2 Å². The third kappa shape index (κ3) is 5.67. The molecule has 3 heterocycles. The first kappa shape index (κ1) is 28.0. The van der Waals surface area contributed by atoms with Crippen molar-refractivity contribution < 1.29 is 33.6 Å². The Morgan fingerprint density at radius 2 is 1.88 bits per heavy atom. The van der Waals surface area contributed by atoms with Gasteiger partial charge < -0.3 is 29.0 Å². The molecular weight excluding hydrogens is 512 g/mol. The summed E-state index contributed by atoms with van der Waals surface area (Å²) in [5.74, 6) is 0.363. The van der Waals surface area contributed by atoms with E-state index in [2.05, 4.69) is 11.8 Å². The Morgan fingerprint density at radius 1 is 1.07 bits per heavy atom. The van der Waals surface area contributed by atoms with Gasteiger partial charge in [0.2, 0.25) is 0 Å². The minimum atomic E-state index is -0.775. The van der Waals surface area contributed by atoms with Crippen LogP contribution in [0, 0.1) is 0 Å². The van der Waals surface area contributed by atoms with Crippen LogP contribution in [0.3, 0.4) is 0 Å². The first-order valence-electron chi connectivity index (χ1n) is 14.1. The Balaban J connectivity index is 1.53. The fourth-order valence-corrected chi connectivity index (χ4v) is 5.56. The minimum absolute atomic E-state index is 0.0451. The second-order valence-electron chi connectivity index (χ2n) is 10.5. The number of hydrogen-bond donors (Lipinski definition) is 1. The number of ketones is 1. The van der Waals surface area contributed by atoms with Crippen molar-refractivity contribution in [1.82, 2.24) is 9.80 Å². The maximum absolute atomic E-state index is 13.5. The van der Waals surface area contributed by atoms with Gasteiger partial charge in [-0.25, -0.2) is 0 Å². The van der Waals surface area contributed by atoms with Crippen molar-refractivity contribution in [1.29, 1.82) is 0 Å². The third-order valence-electron chi connectivity index (χ3n) is 7.73. The number of methoxy groups -OCH3 is 1. The van der Waals surface area contributed by atoms with Gasteiger partial charge in [0, 0.05) is 38.2 Å². The van der Waals surface area contributed by atoms with Gasteiger partial charge in [-0.05, 0) is 54.8 Å². The molecule has 0 radical (unpaired) electrons. The zero-order chi connectivity index (χ0) is 28.2. The van der Waals surface area contributed by atoms with Crippen LogP contribution in [0.1, 0.15) is 49.4 Å². The molecule has 0 bridgehead atoms. The van der Waals surface area contributed by atoms with E-state index in [9.17, 15) is 14.7 Å². The summed E-state index contributed by atoms with van der Waals surface area (Å²) in [7, 11) is 1.56. The molecule has 3 aliphatic rings. The van der Waals surface area contributed by atoms with Gasteiger partial charge in [-0.15, -0.1) is 0 Å². The number of amides is 1. The van der Waals surface area contributed by atoms with Crippen LogP contribution in [0.4, 0.5) is 0 Å². The van der Waals surface area contributed by atoms with Gasteiger partial charge in [0.1, 0.15) is 17.6 Å². The molecule has 0 spiro atoms. The number of morpholine rings is 1. The van der Waals surface area contributed by atoms with Crippen molar-refractivity contribution in [3.05, 3.63) is 58.7 Å². The van der Waals surface area contributed by atoms with Gasteiger partial charge in [0.25, 0.3) is 11.7 Å². The van der Waals surface area contributed by atoms with Crippen LogP contribution in [0.2, 0.25) is 0 Å². The maximum Gasteiger partial charge on any atom is 0.295 e. The van der Waals surface area contributed by atoms with Crippen LogP contribution in [0.25, 0.3) is 5.76 Å². The third-order valence-corrected chi connectivity index (χ3v) is 7.73. The summed E-state index contributed by atoms with van der Waals surface area (Å²) in [6.07, 6.45) is 2.68. The molecule has 2 atom stereocenters. The lowest BCUT2D eigenvalue weighted by Crippen LogP contribution is -2.42. The van der Waals surface area contributed by atoms with Crippen molar-refractivity contribution in [2.45, 2.75) is 45.3 Å². The van der Waals surface area contributed by atoms with Crippen LogP contribution in [-0.4, -0.2) is 85.8 Å².